The second kappa shape index (κ2) is 6.60. The molecule has 16 heavy (non-hydrogen) atoms. The van der Waals surface area contributed by atoms with Crippen LogP contribution in [0.1, 0.15) is 39.0 Å². The van der Waals surface area contributed by atoms with Gasteiger partial charge in [-0.2, -0.15) is 0 Å². The highest BCUT2D eigenvalue weighted by Crippen LogP contribution is 2.06. The lowest BCUT2D eigenvalue weighted by atomic mass is 10.1. The summed E-state index contributed by atoms with van der Waals surface area (Å²) in [7, 11) is 0. The molecule has 0 aromatic carbocycles. The summed E-state index contributed by atoms with van der Waals surface area (Å²) in [4.78, 5) is 0. The van der Waals surface area contributed by atoms with Crippen molar-refractivity contribution in [1.29, 1.82) is 0 Å². The maximum Gasteiger partial charge on any atom is 0.111 e. The number of hydrogen-bond donors (Lipinski definition) is 1. The van der Waals surface area contributed by atoms with E-state index < -0.39 is 6.10 Å². The monoisotopic (exact) mass is 227 g/mol. The van der Waals surface area contributed by atoms with E-state index in [1.807, 2.05) is 0 Å². The molecule has 0 aliphatic carbocycles. The largest absolute Gasteiger partial charge is 0.387 e. The first-order valence-electron chi connectivity index (χ1n) is 5.75. The number of aliphatic hydroxyl groups is 1. The minimum Gasteiger partial charge on any atom is -0.387 e. The zero-order chi connectivity index (χ0) is 12.0. The Kier molecular flexibility index (Phi) is 5.42. The maximum atomic E-state index is 9.26. The lowest BCUT2D eigenvalue weighted by Gasteiger charge is -2.05. The van der Waals surface area contributed by atoms with Gasteiger partial charge in [-0.25, -0.2) is 4.68 Å². The summed E-state index contributed by atoms with van der Waals surface area (Å²) in [6.07, 6.45) is 2.27. The zero-order valence-electron chi connectivity index (χ0n) is 10.3. The zero-order valence-corrected chi connectivity index (χ0v) is 10.3. The summed E-state index contributed by atoms with van der Waals surface area (Å²) >= 11 is 0. The van der Waals surface area contributed by atoms with Crippen LogP contribution in [0.2, 0.25) is 0 Å². The van der Waals surface area contributed by atoms with Crippen LogP contribution in [0.5, 0.6) is 0 Å². The fourth-order valence-electron chi connectivity index (χ4n) is 1.19. The predicted molar refractivity (Wildman–Crippen MR) is 60.9 cm³/mol. The molecule has 0 saturated carbocycles. The van der Waals surface area contributed by atoms with Crippen molar-refractivity contribution < 1.29 is 9.84 Å². The van der Waals surface area contributed by atoms with Crippen LogP contribution < -0.4 is 0 Å². The highest BCUT2D eigenvalue weighted by atomic mass is 16.5. The van der Waals surface area contributed by atoms with E-state index in [2.05, 4.69) is 24.2 Å². The quantitative estimate of drug-likeness (QED) is 0.715. The highest BCUT2D eigenvalue weighted by molar-refractivity contribution is 4.95. The topological polar surface area (TPSA) is 60.2 Å². The average molecular weight is 227 g/mol. The maximum absolute atomic E-state index is 9.26. The van der Waals surface area contributed by atoms with Crippen LogP contribution in [0.25, 0.3) is 0 Å². The predicted octanol–water partition coefficient (Wildman–Crippen LogP) is 1.39. The Morgan fingerprint density at radius 3 is 2.69 bits per heavy atom. The standard InChI is InChI=1S/C11H21N3O2/c1-9(2)4-6-16-7-5-14-8-11(10(3)15)12-13-14/h8-10,15H,4-7H2,1-3H3. The van der Waals surface area contributed by atoms with E-state index in [-0.39, 0.29) is 0 Å². The molecule has 0 aliphatic rings. The summed E-state index contributed by atoms with van der Waals surface area (Å²) in [6.45, 7) is 8.13. The molecule has 0 bridgehead atoms. The molecule has 5 nitrogen and oxygen atoms in total. The van der Waals surface area contributed by atoms with Gasteiger partial charge in [0.2, 0.25) is 0 Å². The second-order valence-electron chi connectivity index (χ2n) is 4.38. The molecule has 0 fully saturated rings. The molecule has 1 aromatic rings. The van der Waals surface area contributed by atoms with Crippen molar-refractivity contribution in [2.45, 2.75) is 39.8 Å². The van der Waals surface area contributed by atoms with E-state index in [9.17, 15) is 5.11 Å². The molecule has 1 heterocycles. The van der Waals surface area contributed by atoms with Crippen LogP contribution in [0, 0.1) is 5.92 Å². The molecule has 1 atom stereocenters. The first-order chi connectivity index (χ1) is 7.59. The molecular formula is C11H21N3O2. The highest BCUT2D eigenvalue weighted by Gasteiger charge is 2.05. The average Bonchev–Trinajstić information content (AvgIpc) is 2.65. The number of aliphatic hydroxyl groups excluding tert-OH is 1. The van der Waals surface area contributed by atoms with Crippen molar-refractivity contribution >= 4 is 0 Å². The van der Waals surface area contributed by atoms with Crippen molar-refractivity contribution in [2.75, 3.05) is 13.2 Å². The van der Waals surface area contributed by atoms with Gasteiger partial charge < -0.3 is 9.84 Å². The van der Waals surface area contributed by atoms with Crippen molar-refractivity contribution in [3.63, 3.8) is 0 Å². The Bertz CT molecular complexity index is 297. The number of ether oxygens (including phenoxy) is 1. The third-order valence-electron chi connectivity index (χ3n) is 2.29. The molecule has 0 radical (unpaired) electrons. The van der Waals surface area contributed by atoms with Gasteiger partial charge in [0, 0.05) is 6.61 Å². The van der Waals surface area contributed by atoms with Gasteiger partial charge in [0.05, 0.1) is 25.5 Å². The second-order valence-corrected chi connectivity index (χ2v) is 4.38. The molecule has 5 heteroatoms. The Morgan fingerprint density at radius 2 is 2.12 bits per heavy atom. The van der Waals surface area contributed by atoms with E-state index in [0.29, 0.717) is 24.8 Å². The van der Waals surface area contributed by atoms with Crippen LogP contribution in [0.15, 0.2) is 6.20 Å². The third kappa shape index (κ3) is 4.72. The summed E-state index contributed by atoms with van der Waals surface area (Å²) in [6, 6.07) is 0. The number of rotatable bonds is 7. The Morgan fingerprint density at radius 1 is 1.38 bits per heavy atom. The van der Waals surface area contributed by atoms with Crippen LogP contribution in [-0.2, 0) is 11.3 Å². The van der Waals surface area contributed by atoms with Gasteiger partial charge in [0.1, 0.15) is 5.69 Å². The van der Waals surface area contributed by atoms with E-state index in [0.717, 1.165) is 13.0 Å². The van der Waals surface area contributed by atoms with Crippen LogP contribution in [0.4, 0.5) is 0 Å². The van der Waals surface area contributed by atoms with Crippen molar-refractivity contribution in [3.05, 3.63) is 11.9 Å². The minimum atomic E-state index is -0.560. The van der Waals surface area contributed by atoms with Gasteiger partial charge in [-0.15, -0.1) is 5.10 Å². The molecule has 92 valence electrons. The molecule has 1 unspecified atom stereocenters. The van der Waals surface area contributed by atoms with E-state index in [1.54, 1.807) is 17.8 Å². The molecule has 0 saturated heterocycles. The SMILES string of the molecule is CC(C)CCOCCn1cc(C(C)O)nn1. The molecule has 0 spiro atoms. The smallest absolute Gasteiger partial charge is 0.111 e. The van der Waals surface area contributed by atoms with Gasteiger partial charge in [0.25, 0.3) is 0 Å². The van der Waals surface area contributed by atoms with Gasteiger partial charge in [-0.1, -0.05) is 19.1 Å². The van der Waals surface area contributed by atoms with E-state index in [1.165, 1.54) is 0 Å². The lowest BCUT2D eigenvalue weighted by Crippen LogP contribution is -2.08. The lowest BCUT2D eigenvalue weighted by molar-refractivity contribution is 0.113. The normalized spacial score (nSPS) is 13.3. The first kappa shape index (κ1) is 13.1. The third-order valence-corrected chi connectivity index (χ3v) is 2.29. The van der Waals surface area contributed by atoms with Gasteiger partial charge in [0.15, 0.2) is 0 Å². The van der Waals surface area contributed by atoms with Gasteiger partial charge >= 0.3 is 0 Å². The van der Waals surface area contributed by atoms with E-state index >= 15 is 0 Å². The summed E-state index contributed by atoms with van der Waals surface area (Å²) in [5.74, 6) is 0.674. The first-order valence-corrected chi connectivity index (χ1v) is 5.75. The van der Waals surface area contributed by atoms with Crippen molar-refractivity contribution in [2.24, 2.45) is 5.92 Å². The molecule has 1 rings (SSSR count). The molecule has 0 amide bonds. The minimum absolute atomic E-state index is 0.560. The Balaban J connectivity index is 2.17. The molecule has 1 aromatic heterocycles. The van der Waals surface area contributed by atoms with Crippen LogP contribution in [0.3, 0.4) is 0 Å². The summed E-state index contributed by atoms with van der Waals surface area (Å²) in [5.41, 5.74) is 0.599. The van der Waals surface area contributed by atoms with Gasteiger partial charge in [-0.05, 0) is 19.3 Å². The molecular weight excluding hydrogens is 206 g/mol. The molecule has 1 N–H and O–H groups in total. The fourth-order valence-corrected chi connectivity index (χ4v) is 1.19. The van der Waals surface area contributed by atoms with Crippen LogP contribution >= 0.6 is 0 Å². The Hall–Kier alpha value is -0.940. The van der Waals surface area contributed by atoms with Crippen molar-refractivity contribution in [1.82, 2.24) is 15.0 Å². The number of aromatic nitrogens is 3. The van der Waals surface area contributed by atoms with Crippen molar-refractivity contribution in [3.8, 4) is 0 Å². The summed E-state index contributed by atoms with van der Waals surface area (Å²) < 4.78 is 7.16. The van der Waals surface area contributed by atoms with E-state index in [4.69, 9.17) is 4.74 Å². The fraction of sp³-hybridized carbons (Fsp3) is 0.818. The Labute approximate surface area is 96.4 Å². The number of nitrogens with zero attached hydrogens (tertiary/aromatic N) is 3. The summed E-state index contributed by atoms with van der Waals surface area (Å²) in [5, 5.41) is 17.0. The number of hydrogen-bond acceptors (Lipinski definition) is 4. The van der Waals surface area contributed by atoms with Gasteiger partial charge in [-0.3, -0.25) is 0 Å². The molecule has 0 aliphatic heterocycles. The van der Waals surface area contributed by atoms with Crippen LogP contribution in [-0.4, -0.2) is 33.3 Å².